The Labute approximate surface area is 199 Å². The van der Waals surface area contributed by atoms with E-state index in [2.05, 4.69) is 29.3 Å². The van der Waals surface area contributed by atoms with Gasteiger partial charge in [-0.25, -0.2) is 19.3 Å². The van der Waals surface area contributed by atoms with Crippen LogP contribution in [0.4, 0.5) is 10.3 Å². The molecule has 1 aromatic carbocycles. The Balaban J connectivity index is 1.13. The number of benzene rings is 1. The number of nitrogen functional groups attached to an aromatic ring is 1. The lowest BCUT2D eigenvalue weighted by Crippen LogP contribution is -2.41. The van der Waals surface area contributed by atoms with E-state index >= 15 is 0 Å². The maximum atomic E-state index is 13.7. The summed E-state index contributed by atoms with van der Waals surface area (Å²) in [7, 11) is 1.68. The fourth-order valence-corrected chi connectivity index (χ4v) is 5.52. The molecule has 0 spiro atoms. The molecule has 0 unspecified atom stereocenters. The maximum Gasteiger partial charge on any atom is 0.219 e. The number of hydrogen-bond acceptors (Lipinski definition) is 7. The number of rotatable bonds is 7. The fourth-order valence-electron chi connectivity index (χ4n) is 5.52. The van der Waals surface area contributed by atoms with Crippen LogP contribution in [-0.2, 0) is 17.9 Å². The second-order valence-corrected chi connectivity index (χ2v) is 9.66. The van der Waals surface area contributed by atoms with Crippen LogP contribution in [0.25, 0.3) is 11.0 Å². The number of fused-ring (bicyclic) bond motifs is 1. The molecule has 4 heterocycles. The molecule has 34 heavy (non-hydrogen) atoms. The highest BCUT2D eigenvalue weighted by atomic mass is 19.1. The zero-order valence-electron chi connectivity index (χ0n) is 19.9. The summed E-state index contributed by atoms with van der Waals surface area (Å²) in [4.78, 5) is 18.0. The van der Waals surface area contributed by atoms with E-state index in [1.165, 1.54) is 31.5 Å². The average Bonchev–Trinajstić information content (AvgIpc) is 3.19. The van der Waals surface area contributed by atoms with Crippen molar-refractivity contribution in [3.8, 4) is 0 Å². The van der Waals surface area contributed by atoms with Crippen molar-refractivity contribution >= 4 is 17.0 Å². The maximum absolute atomic E-state index is 13.7. The number of anilines is 1. The third-order valence-corrected chi connectivity index (χ3v) is 7.28. The van der Waals surface area contributed by atoms with Gasteiger partial charge in [0.1, 0.15) is 18.2 Å². The Morgan fingerprint density at radius 1 is 1.03 bits per heavy atom. The summed E-state index contributed by atoms with van der Waals surface area (Å²) in [6, 6.07) is 5.28. The summed E-state index contributed by atoms with van der Waals surface area (Å²) >= 11 is 0. The van der Waals surface area contributed by atoms with Crippen LogP contribution in [0, 0.1) is 11.7 Å². The van der Waals surface area contributed by atoms with Crippen molar-refractivity contribution in [2.75, 3.05) is 45.6 Å². The molecule has 0 amide bonds. The number of nitrogens with two attached hydrogens (primary N) is 1. The molecular weight excluding hydrogens is 433 g/mol. The Morgan fingerprint density at radius 2 is 1.74 bits per heavy atom. The van der Waals surface area contributed by atoms with Gasteiger partial charge in [0.25, 0.3) is 0 Å². The van der Waals surface area contributed by atoms with E-state index in [1.807, 2.05) is 18.5 Å². The highest BCUT2D eigenvalue weighted by molar-refractivity contribution is 5.76. The van der Waals surface area contributed by atoms with Gasteiger partial charge in [-0.1, -0.05) is 0 Å². The molecule has 0 aliphatic carbocycles. The van der Waals surface area contributed by atoms with Crippen LogP contribution >= 0.6 is 0 Å². The van der Waals surface area contributed by atoms with E-state index in [1.54, 1.807) is 7.11 Å². The second kappa shape index (κ2) is 10.3. The van der Waals surface area contributed by atoms with Crippen molar-refractivity contribution in [1.29, 1.82) is 0 Å². The average molecular weight is 468 g/mol. The first-order chi connectivity index (χ1) is 16.6. The number of aromatic nitrogens is 4. The fraction of sp³-hybridized carbons (Fsp3) is 0.560. The van der Waals surface area contributed by atoms with Crippen LogP contribution in [0.2, 0.25) is 0 Å². The Kier molecular flexibility index (Phi) is 7.03. The molecule has 2 saturated heterocycles. The smallest absolute Gasteiger partial charge is 0.219 e. The van der Waals surface area contributed by atoms with Crippen molar-refractivity contribution in [2.45, 2.75) is 44.9 Å². The van der Waals surface area contributed by atoms with E-state index in [0.29, 0.717) is 24.1 Å². The molecule has 0 bridgehead atoms. The van der Waals surface area contributed by atoms with Gasteiger partial charge in [-0.3, -0.25) is 4.90 Å². The highest BCUT2D eigenvalue weighted by Crippen LogP contribution is 2.30. The molecular formula is C25H34FN7O. The van der Waals surface area contributed by atoms with Gasteiger partial charge in [-0.15, -0.1) is 0 Å². The quantitative estimate of drug-likeness (QED) is 0.571. The molecule has 5 rings (SSSR count). The minimum atomic E-state index is -0.246. The summed E-state index contributed by atoms with van der Waals surface area (Å²) < 4.78 is 21.4. The Morgan fingerprint density at radius 3 is 2.44 bits per heavy atom. The summed E-state index contributed by atoms with van der Waals surface area (Å²) in [6.07, 6.45) is 8.27. The molecule has 2 aromatic heterocycles. The Bertz CT molecular complexity index is 1090. The summed E-state index contributed by atoms with van der Waals surface area (Å²) in [6.45, 7) is 6.91. The number of ether oxygens (including phenoxy) is 1. The SMILES string of the molecule is COCc1nc2cc(F)ccc2n1C1CCN(CC2CCN(Cc3cnc(N)nc3)CC2)CC1. The first-order valence-corrected chi connectivity index (χ1v) is 12.3. The van der Waals surface area contributed by atoms with Gasteiger partial charge >= 0.3 is 0 Å². The first-order valence-electron chi connectivity index (χ1n) is 12.3. The molecule has 2 N–H and O–H groups in total. The number of methoxy groups -OCH3 is 1. The lowest BCUT2D eigenvalue weighted by molar-refractivity contribution is 0.114. The predicted octanol–water partition coefficient (Wildman–Crippen LogP) is 3.24. The number of halogens is 1. The first kappa shape index (κ1) is 23.1. The molecule has 8 nitrogen and oxygen atoms in total. The van der Waals surface area contributed by atoms with Crippen LogP contribution in [0.1, 0.15) is 43.1 Å². The second-order valence-electron chi connectivity index (χ2n) is 9.66. The number of likely N-dealkylation sites (tertiary alicyclic amines) is 2. The molecule has 2 aliphatic heterocycles. The predicted molar refractivity (Wildman–Crippen MR) is 130 cm³/mol. The minimum Gasteiger partial charge on any atom is -0.377 e. The summed E-state index contributed by atoms with van der Waals surface area (Å²) in [5.74, 6) is 1.72. The molecule has 9 heteroatoms. The lowest BCUT2D eigenvalue weighted by atomic mass is 9.94. The van der Waals surface area contributed by atoms with E-state index in [0.717, 1.165) is 68.4 Å². The molecule has 3 aromatic rings. The van der Waals surface area contributed by atoms with Crippen LogP contribution < -0.4 is 5.73 Å². The largest absolute Gasteiger partial charge is 0.377 e. The number of nitrogens with zero attached hydrogens (tertiary/aromatic N) is 6. The van der Waals surface area contributed by atoms with Crippen LogP contribution in [0.5, 0.6) is 0 Å². The zero-order chi connectivity index (χ0) is 23.5. The van der Waals surface area contributed by atoms with Crippen LogP contribution in [0.3, 0.4) is 0 Å². The lowest BCUT2D eigenvalue weighted by Gasteiger charge is -2.38. The van der Waals surface area contributed by atoms with Gasteiger partial charge in [0.15, 0.2) is 0 Å². The standard InChI is InChI=1S/C25H34FN7O/c1-34-17-24-30-22-12-20(26)2-3-23(22)33(24)21-6-10-32(11-7-21)15-18-4-8-31(9-5-18)16-19-13-28-25(27)29-14-19/h2-3,12-14,18,21H,4-11,15-17H2,1H3,(H2,27,28,29). The number of imidazole rings is 1. The topological polar surface area (TPSA) is 85.3 Å². The van der Waals surface area contributed by atoms with Gasteiger partial charge in [-0.2, -0.15) is 0 Å². The van der Waals surface area contributed by atoms with E-state index in [9.17, 15) is 4.39 Å². The molecule has 0 radical (unpaired) electrons. The van der Waals surface area contributed by atoms with Crippen molar-refractivity contribution in [3.63, 3.8) is 0 Å². The van der Waals surface area contributed by atoms with Gasteiger partial charge in [0.05, 0.1) is 11.0 Å². The van der Waals surface area contributed by atoms with E-state index < -0.39 is 0 Å². The molecule has 2 aliphatic rings. The third-order valence-electron chi connectivity index (χ3n) is 7.28. The normalized spacial score (nSPS) is 19.2. The van der Waals surface area contributed by atoms with Crippen molar-refractivity contribution in [2.24, 2.45) is 5.92 Å². The van der Waals surface area contributed by atoms with Crippen LogP contribution in [-0.4, -0.2) is 69.2 Å². The minimum absolute atomic E-state index is 0.246. The van der Waals surface area contributed by atoms with Gasteiger partial charge in [-0.05, 0) is 56.8 Å². The van der Waals surface area contributed by atoms with Crippen LogP contribution in [0.15, 0.2) is 30.6 Å². The van der Waals surface area contributed by atoms with E-state index in [4.69, 9.17) is 10.5 Å². The highest BCUT2D eigenvalue weighted by Gasteiger charge is 2.27. The Hall–Kier alpha value is -2.62. The molecule has 182 valence electrons. The van der Waals surface area contributed by atoms with Gasteiger partial charge in [0.2, 0.25) is 5.95 Å². The molecule has 0 saturated carbocycles. The molecule has 2 fully saturated rings. The molecule has 0 atom stereocenters. The monoisotopic (exact) mass is 467 g/mol. The van der Waals surface area contributed by atoms with Crippen molar-refractivity contribution in [1.82, 2.24) is 29.3 Å². The number of piperidine rings is 2. The third kappa shape index (κ3) is 5.21. The van der Waals surface area contributed by atoms with Crippen molar-refractivity contribution in [3.05, 3.63) is 47.8 Å². The van der Waals surface area contributed by atoms with Gasteiger partial charge < -0.3 is 19.9 Å². The summed E-state index contributed by atoms with van der Waals surface area (Å²) in [5.41, 5.74) is 8.43. The number of hydrogen-bond donors (Lipinski definition) is 1. The summed E-state index contributed by atoms with van der Waals surface area (Å²) in [5, 5.41) is 0. The van der Waals surface area contributed by atoms with Crippen molar-refractivity contribution < 1.29 is 9.13 Å². The van der Waals surface area contributed by atoms with Gasteiger partial charge in [0, 0.05) is 63.4 Å². The zero-order valence-corrected chi connectivity index (χ0v) is 19.9. The van der Waals surface area contributed by atoms with E-state index in [-0.39, 0.29) is 5.82 Å².